The predicted molar refractivity (Wildman–Crippen MR) is 175 cm³/mol. The Kier molecular flexibility index (Phi) is 15.3. The fourth-order valence-electron chi connectivity index (χ4n) is 4.67. The summed E-state index contributed by atoms with van der Waals surface area (Å²) in [6, 6.07) is 24.4. The molecule has 0 aromatic heterocycles. The number of hydrogen-bond acceptors (Lipinski definition) is 3. The summed E-state index contributed by atoms with van der Waals surface area (Å²) >= 11 is 0. The van der Waals surface area contributed by atoms with Crippen LogP contribution in [0.4, 0.5) is 0 Å². The summed E-state index contributed by atoms with van der Waals surface area (Å²) < 4.78 is 14.7. The largest absolute Gasteiger partial charge is 0.352 e. The van der Waals surface area contributed by atoms with Gasteiger partial charge in [-0.15, -0.1) is 5.92 Å². The second-order valence-electron chi connectivity index (χ2n) is 12.7. The minimum atomic E-state index is -3.23. The van der Waals surface area contributed by atoms with Crippen LogP contribution < -0.4 is 21.2 Å². The monoisotopic (exact) mass is 662 g/mol. The van der Waals surface area contributed by atoms with Gasteiger partial charge in [-0.05, 0) is 24.0 Å². The molecule has 0 fully saturated rings. The Morgan fingerprint density at radius 3 is 1.76 bits per heavy atom. The Morgan fingerprint density at radius 1 is 0.857 bits per heavy atom. The SMILES string of the molecule is [CH2-]C(CC(C)(C)C)C(=O)C(C)(C)C.[CH2-]Cc1ccc(C(=O)NCCC)c(P(=O)(c2ccccc2)c2ccccc2)c1.[Y]. The molecule has 1 radical (unpaired) electrons. The van der Waals surface area contributed by atoms with E-state index >= 15 is 0 Å². The van der Waals surface area contributed by atoms with E-state index in [4.69, 9.17) is 0 Å². The van der Waals surface area contributed by atoms with Gasteiger partial charge in [-0.25, -0.2) is 0 Å². The minimum Gasteiger partial charge on any atom is -0.352 e. The molecule has 0 heterocycles. The van der Waals surface area contributed by atoms with E-state index in [1.807, 2.05) is 100 Å². The van der Waals surface area contributed by atoms with Gasteiger partial charge in [0.1, 0.15) is 5.78 Å². The molecule has 0 aliphatic rings. The molecule has 42 heavy (non-hydrogen) atoms. The van der Waals surface area contributed by atoms with Crippen molar-refractivity contribution < 1.29 is 46.9 Å². The molecule has 6 heteroatoms. The van der Waals surface area contributed by atoms with Crippen molar-refractivity contribution in [1.82, 2.24) is 5.32 Å². The maximum atomic E-state index is 14.7. The fraction of sp³-hybridized carbons (Fsp3) is 0.389. The van der Waals surface area contributed by atoms with Gasteiger partial charge in [-0.1, -0.05) is 127 Å². The van der Waals surface area contributed by atoms with E-state index in [2.05, 4.69) is 39.9 Å². The predicted octanol–water partition coefficient (Wildman–Crippen LogP) is 7.33. The van der Waals surface area contributed by atoms with Crippen molar-refractivity contribution in [3.8, 4) is 0 Å². The van der Waals surface area contributed by atoms with E-state index in [9.17, 15) is 14.2 Å². The Balaban J connectivity index is 0.000000537. The molecule has 1 amide bonds. The summed E-state index contributed by atoms with van der Waals surface area (Å²) in [4.78, 5) is 24.7. The normalized spacial score (nSPS) is 12.3. The first kappa shape index (κ1) is 38.2. The van der Waals surface area contributed by atoms with Gasteiger partial charge >= 0.3 is 0 Å². The standard InChI is InChI=1S/C24H25NO2P.C12H23O.Y/c1-3-17-25-24(26)22-16-15-19(4-2)18-23(22)28(27,20-11-7-5-8-12-20)21-13-9-6-10-14-21;1-9(8-11(2,3)4)10(13)12(5,6)7;/h5-16,18H,2-4,17H2,1H3,(H,25,26);9H,1,8H2,2-7H3;/q2*-1;. The van der Waals surface area contributed by atoms with Crippen LogP contribution in [0, 0.1) is 30.6 Å². The van der Waals surface area contributed by atoms with Crippen LogP contribution in [0.15, 0.2) is 78.9 Å². The number of nitrogens with one attached hydrogen (secondary N) is 1. The molecule has 3 rings (SSSR count). The summed E-state index contributed by atoms with van der Waals surface area (Å²) in [5, 5.41) is 4.92. The second kappa shape index (κ2) is 16.8. The van der Waals surface area contributed by atoms with Crippen LogP contribution in [0.5, 0.6) is 0 Å². The van der Waals surface area contributed by atoms with E-state index in [1.165, 1.54) is 0 Å². The number of carbonyl (C=O) groups is 2. The smallest absolute Gasteiger partial charge is 0.252 e. The number of rotatable bonds is 9. The number of carbonyl (C=O) groups excluding carboxylic acids is 2. The maximum Gasteiger partial charge on any atom is 0.252 e. The fourth-order valence-corrected chi connectivity index (χ4v) is 7.57. The van der Waals surface area contributed by atoms with E-state index in [0.29, 0.717) is 34.4 Å². The van der Waals surface area contributed by atoms with E-state index < -0.39 is 7.14 Å². The first-order valence-corrected chi connectivity index (χ1v) is 16.2. The molecule has 4 nitrogen and oxygen atoms in total. The van der Waals surface area contributed by atoms with Crippen LogP contribution in [0.25, 0.3) is 0 Å². The summed E-state index contributed by atoms with van der Waals surface area (Å²) in [5.41, 5.74) is 1.35. The number of benzene rings is 3. The number of hydrogen-bond donors (Lipinski definition) is 1. The summed E-state index contributed by atoms with van der Waals surface area (Å²) in [7, 11) is -3.23. The number of Topliss-reactive ketones (excluding diaryl/α,β-unsaturated/α-hetero) is 1. The third kappa shape index (κ3) is 10.7. The molecular weight excluding hydrogens is 614 g/mol. The summed E-state index contributed by atoms with van der Waals surface area (Å²) in [6.07, 6.45) is 2.27. The molecule has 0 saturated carbocycles. The van der Waals surface area contributed by atoms with E-state index in [-0.39, 0.29) is 61.1 Å². The zero-order valence-electron chi connectivity index (χ0n) is 26.6. The molecule has 0 bridgehead atoms. The summed E-state index contributed by atoms with van der Waals surface area (Å²) in [6.45, 7) is 22.8. The Morgan fingerprint density at radius 2 is 1.36 bits per heavy atom. The average Bonchev–Trinajstić information content (AvgIpc) is 2.94. The van der Waals surface area contributed by atoms with Crippen LogP contribution >= 0.6 is 7.14 Å². The molecule has 0 aliphatic heterocycles. The molecule has 3 aromatic rings. The van der Waals surface area contributed by atoms with Crippen LogP contribution in [0.3, 0.4) is 0 Å². The minimum absolute atomic E-state index is 0. The van der Waals surface area contributed by atoms with Crippen molar-refractivity contribution in [3.63, 3.8) is 0 Å². The molecule has 1 atom stereocenters. The first-order chi connectivity index (χ1) is 19.1. The third-order valence-corrected chi connectivity index (χ3v) is 9.78. The maximum absolute atomic E-state index is 14.7. The molecule has 0 spiro atoms. The van der Waals surface area contributed by atoms with Crippen molar-refractivity contribution in [2.75, 3.05) is 6.54 Å². The van der Waals surface area contributed by atoms with Crippen LogP contribution in [-0.2, 0) is 48.5 Å². The van der Waals surface area contributed by atoms with Gasteiger partial charge in [0.05, 0.1) is 5.56 Å². The van der Waals surface area contributed by atoms with Gasteiger partial charge in [0.15, 0.2) is 7.14 Å². The molecule has 3 aromatic carbocycles. The zero-order valence-corrected chi connectivity index (χ0v) is 30.3. The van der Waals surface area contributed by atoms with Crippen molar-refractivity contribution in [1.29, 1.82) is 0 Å². The van der Waals surface area contributed by atoms with Crippen molar-refractivity contribution in [2.24, 2.45) is 16.7 Å². The van der Waals surface area contributed by atoms with Crippen LogP contribution in [-0.4, -0.2) is 18.2 Å². The molecule has 0 aliphatic carbocycles. The molecule has 1 unspecified atom stereocenters. The van der Waals surface area contributed by atoms with Gasteiger partial charge in [-0.2, -0.15) is 6.42 Å². The van der Waals surface area contributed by atoms with Crippen LogP contribution in [0.1, 0.15) is 77.2 Å². The topological polar surface area (TPSA) is 63.2 Å². The molecule has 1 N–H and O–H groups in total. The van der Waals surface area contributed by atoms with E-state index in [0.717, 1.165) is 18.4 Å². The van der Waals surface area contributed by atoms with Gasteiger partial charge in [0.2, 0.25) is 0 Å². The molecule has 0 saturated heterocycles. The zero-order chi connectivity index (χ0) is 30.8. The van der Waals surface area contributed by atoms with Gasteiger partial charge in [0.25, 0.3) is 5.91 Å². The first-order valence-electron chi connectivity index (χ1n) is 14.4. The van der Waals surface area contributed by atoms with E-state index in [1.54, 1.807) is 6.07 Å². The van der Waals surface area contributed by atoms with Crippen molar-refractivity contribution in [3.05, 3.63) is 104 Å². The summed E-state index contributed by atoms with van der Waals surface area (Å²) in [5.74, 6) is 0.00183. The number of ketones is 1. The third-order valence-electron chi connectivity index (χ3n) is 6.68. The van der Waals surface area contributed by atoms with Crippen molar-refractivity contribution >= 4 is 34.7 Å². The molecule has 225 valence electrons. The molecular formula is C36H48NO3PY-2. The second-order valence-corrected chi connectivity index (χ2v) is 15.4. The van der Waals surface area contributed by atoms with Crippen molar-refractivity contribution in [2.45, 2.75) is 67.7 Å². The average molecular weight is 663 g/mol. The van der Waals surface area contributed by atoms with Crippen LogP contribution in [0.2, 0.25) is 0 Å². The number of amides is 1. The Bertz CT molecular complexity index is 1280. The Hall–Kier alpha value is -1.87. The quantitative estimate of drug-likeness (QED) is 0.193. The van der Waals surface area contributed by atoms with Gasteiger partial charge < -0.3 is 28.5 Å². The van der Waals surface area contributed by atoms with Gasteiger partial charge in [-0.3, -0.25) is 4.79 Å². The Labute approximate surface area is 280 Å². The van der Waals surface area contributed by atoms with Gasteiger partial charge in [0, 0.05) is 60.6 Å².